The lowest BCUT2D eigenvalue weighted by atomic mass is 9.77. The van der Waals surface area contributed by atoms with Crippen molar-refractivity contribution in [3.63, 3.8) is 0 Å². The number of carbonyl (C=O) groups is 1. The Labute approximate surface area is 193 Å². The van der Waals surface area contributed by atoms with Crippen LogP contribution in [0.2, 0.25) is 0 Å². The second-order valence-electron chi connectivity index (χ2n) is 10.3. The van der Waals surface area contributed by atoms with Crippen LogP contribution in [0.3, 0.4) is 0 Å². The van der Waals surface area contributed by atoms with Gasteiger partial charge in [0.25, 0.3) is 0 Å². The second kappa shape index (κ2) is 10.5. The van der Waals surface area contributed by atoms with Crippen molar-refractivity contribution in [1.82, 2.24) is 5.32 Å². The van der Waals surface area contributed by atoms with Crippen LogP contribution in [0.15, 0.2) is 16.9 Å². The summed E-state index contributed by atoms with van der Waals surface area (Å²) in [6.45, 7) is 16.3. The molecule has 1 N–H and O–H groups in total. The van der Waals surface area contributed by atoms with Gasteiger partial charge in [-0.3, -0.25) is 0 Å². The highest BCUT2D eigenvalue weighted by Crippen LogP contribution is 2.39. The molecule has 1 aliphatic rings. The third-order valence-electron chi connectivity index (χ3n) is 5.79. The third kappa shape index (κ3) is 7.65. The van der Waals surface area contributed by atoms with E-state index >= 15 is 0 Å². The van der Waals surface area contributed by atoms with E-state index < -0.39 is 30.0 Å². The summed E-state index contributed by atoms with van der Waals surface area (Å²) in [6, 6.07) is 2.20. The molecule has 1 aromatic heterocycles. The largest absolute Gasteiger partial charge is 0.492 e. The average Bonchev–Trinajstić information content (AvgIpc) is 3.15. The molecule has 0 radical (unpaired) electrons. The molecule has 0 saturated carbocycles. The minimum Gasteiger partial charge on any atom is -0.444 e. The molecule has 0 aliphatic carbocycles. The Morgan fingerprint density at radius 3 is 2.39 bits per heavy atom. The molecule has 174 valence electrons. The first kappa shape index (κ1) is 26.0. The molecule has 0 unspecified atom stereocenters. The van der Waals surface area contributed by atoms with Gasteiger partial charge in [0.15, 0.2) is 0 Å². The molecule has 2 heterocycles. The molecule has 0 spiro atoms. The molecule has 2 rings (SSSR count). The second-order valence-corrected chi connectivity index (χ2v) is 11.2. The first-order valence-electron chi connectivity index (χ1n) is 11.4. The highest BCUT2D eigenvalue weighted by Gasteiger charge is 2.52. The summed E-state index contributed by atoms with van der Waals surface area (Å²) in [7, 11) is -0.519. The number of ether oxygens (including phenoxy) is 1. The maximum Gasteiger partial charge on any atom is 0.492 e. The Kier molecular flexibility index (Phi) is 8.82. The van der Waals surface area contributed by atoms with Gasteiger partial charge in [-0.05, 0) is 89.9 Å². The van der Waals surface area contributed by atoms with Crippen LogP contribution >= 0.6 is 11.3 Å². The smallest absolute Gasteiger partial charge is 0.444 e. The molecule has 5 nitrogen and oxygen atoms in total. The summed E-state index contributed by atoms with van der Waals surface area (Å²) >= 11 is 1.71. The lowest BCUT2D eigenvalue weighted by molar-refractivity contribution is 0.00578. The van der Waals surface area contributed by atoms with Crippen molar-refractivity contribution in [2.75, 3.05) is 6.54 Å². The van der Waals surface area contributed by atoms with Gasteiger partial charge in [0.05, 0.1) is 11.2 Å². The molecule has 31 heavy (non-hydrogen) atoms. The average molecular weight is 449 g/mol. The molecule has 7 heteroatoms. The van der Waals surface area contributed by atoms with E-state index in [0.29, 0.717) is 6.54 Å². The Bertz CT molecular complexity index is 748. The summed E-state index contributed by atoms with van der Waals surface area (Å²) in [5.41, 5.74) is 0.800. The Morgan fingerprint density at radius 1 is 1.16 bits per heavy atom. The maximum atomic E-state index is 12.3. The van der Waals surface area contributed by atoms with Crippen LogP contribution in [-0.4, -0.2) is 36.6 Å². The molecular formula is C24H40BNO4S. The van der Waals surface area contributed by atoms with E-state index in [4.69, 9.17) is 14.0 Å². The molecule has 0 bridgehead atoms. The van der Waals surface area contributed by atoms with Crippen LogP contribution in [0, 0.1) is 0 Å². The fraction of sp³-hybridized carbons (Fsp3) is 0.708. The van der Waals surface area contributed by atoms with Gasteiger partial charge in [-0.2, -0.15) is 0 Å². The summed E-state index contributed by atoms with van der Waals surface area (Å²) in [5, 5.41) is 5.01. The van der Waals surface area contributed by atoms with Crippen molar-refractivity contribution < 1.29 is 18.8 Å². The molecule has 0 atom stereocenters. The molecule has 1 fully saturated rings. The Hall–Kier alpha value is -1.31. The molecule has 1 saturated heterocycles. The van der Waals surface area contributed by atoms with E-state index in [9.17, 15) is 4.79 Å². The van der Waals surface area contributed by atoms with E-state index in [1.807, 2.05) is 48.5 Å². The van der Waals surface area contributed by atoms with Crippen LogP contribution in [0.5, 0.6) is 0 Å². The van der Waals surface area contributed by atoms with E-state index in [-0.39, 0.29) is 0 Å². The van der Waals surface area contributed by atoms with Crippen molar-refractivity contribution in [1.29, 1.82) is 0 Å². The predicted molar refractivity (Wildman–Crippen MR) is 130 cm³/mol. The number of hydrogen-bond acceptors (Lipinski definition) is 5. The van der Waals surface area contributed by atoms with Gasteiger partial charge in [-0.25, -0.2) is 4.79 Å². The van der Waals surface area contributed by atoms with Gasteiger partial charge < -0.3 is 19.4 Å². The summed E-state index contributed by atoms with van der Waals surface area (Å²) in [4.78, 5) is 13.5. The van der Waals surface area contributed by atoms with Crippen molar-refractivity contribution >= 4 is 30.6 Å². The minimum atomic E-state index is -0.544. The normalized spacial score (nSPS) is 18.3. The number of unbranched alkanes of at least 4 members (excludes halogenated alkanes) is 3. The van der Waals surface area contributed by atoms with Gasteiger partial charge in [0.1, 0.15) is 5.60 Å². The highest BCUT2D eigenvalue weighted by molar-refractivity contribution is 7.11. The monoisotopic (exact) mass is 449 g/mol. The third-order valence-corrected chi connectivity index (χ3v) is 6.69. The van der Waals surface area contributed by atoms with Gasteiger partial charge >= 0.3 is 13.2 Å². The van der Waals surface area contributed by atoms with Gasteiger partial charge in [-0.15, -0.1) is 11.3 Å². The van der Waals surface area contributed by atoms with Crippen LogP contribution < -0.4 is 5.32 Å². The molecule has 0 aromatic carbocycles. The number of rotatable bonds is 9. The summed E-state index contributed by atoms with van der Waals surface area (Å²) in [6.07, 6.45) is 7.69. The first-order valence-corrected chi connectivity index (χ1v) is 12.3. The topological polar surface area (TPSA) is 56.8 Å². The Morgan fingerprint density at radius 2 is 1.81 bits per heavy atom. The SMILES string of the molecule is CCCCCCc1ccsc1C=C(CNC(=O)OC(C)(C)C)B1OC(C)(C)C(C)(C)O1. The fourth-order valence-corrected chi connectivity index (χ4v) is 4.20. The fourth-order valence-electron chi connectivity index (χ4n) is 3.28. The van der Waals surface area contributed by atoms with Crippen molar-refractivity contribution in [3.8, 4) is 0 Å². The van der Waals surface area contributed by atoms with Crippen LogP contribution in [0.1, 0.15) is 91.5 Å². The van der Waals surface area contributed by atoms with Crippen molar-refractivity contribution in [2.45, 2.75) is 104 Å². The van der Waals surface area contributed by atoms with E-state index in [2.05, 4.69) is 29.8 Å². The van der Waals surface area contributed by atoms with E-state index in [1.165, 1.54) is 36.1 Å². The number of amides is 1. The predicted octanol–water partition coefficient (Wildman–Crippen LogP) is 6.41. The summed E-state index contributed by atoms with van der Waals surface area (Å²) in [5.74, 6) is 0. The zero-order valence-corrected chi connectivity index (χ0v) is 21.4. The van der Waals surface area contributed by atoms with Crippen LogP contribution in [-0.2, 0) is 20.5 Å². The molecular weight excluding hydrogens is 409 g/mol. The van der Waals surface area contributed by atoms with Crippen molar-refractivity contribution in [3.05, 3.63) is 27.4 Å². The van der Waals surface area contributed by atoms with Crippen LogP contribution in [0.4, 0.5) is 4.79 Å². The number of aryl methyl sites for hydroxylation is 1. The van der Waals surface area contributed by atoms with Gasteiger partial charge in [-0.1, -0.05) is 26.2 Å². The van der Waals surface area contributed by atoms with Gasteiger partial charge in [0, 0.05) is 11.4 Å². The highest BCUT2D eigenvalue weighted by atomic mass is 32.1. The zero-order chi connectivity index (χ0) is 23.3. The Balaban J connectivity index is 2.20. The number of thiophene rings is 1. The number of nitrogens with one attached hydrogen (secondary N) is 1. The van der Waals surface area contributed by atoms with Crippen molar-refractivity contribution in [2.24, 2.45) is 0 Å². The van der Waals surface area contributed by atoms with E-state index in [0.717, 1.165) is 11.9 Å². The summed E-state index contributed by atoms with van der Waals surface area (Å²) < 4.78 is 18.0. The quantitative estimate of drug-likeness (QED) is 0.350. The zero-order valence-electron chi connectivity index (χ0n) is 20.6. The van der Waals surface area contributed by atoms with Gasteiger partial charge in [0.2, 0.25) is 0 Å². The number of carbonyl (C=O) groups excluding carboxylic acids is 1. The minimum absolute atomic E-state index is 0.304. The number of hydrogen-bond donors (Lipinski definition) is 1. The number of alkyl carbamates (subject to hydrolysis) is 1. The molecule has 1 amide bonds. The lowest BCUT2D eigenvalue weighted by Crippen LogP contribution is -2.41. The first-order chi connectivity index (χ1) is 14.3. The lowest BCUT2D eigenvalue weighted by Gasteiger charge is -2.32. The van der Waals surface area contributed by atoms with Crippen LogP contribution in [0.25, 0.3) is 6.08 Å². The van der Waals surface area contributed by atoms with E-state index in [1.54, 1.807) is 11.3 Å². The maximum absolute atomic E-state index is 12.3. The molecule has 1 aromatic rings. The standard InChI is InChI=1S/C24H40BNO4S/c1-9-10-11-12-13-18-14-15-31-20(18)16-19(17-26-21(27)28-22(2,3)4)25-29-23(5,6)24(7,8)30-25/h14-16H,9-13,17H2,1-8H3,(H,26,27). The molecule has 1 aliphatic heterocycles.